The topological polar surface area (TPSA) is 46.5 Å². The highest BCUT2D eigenvalue weighted by atomic mass is 79.9. The van der Waals surface area contributed by atoms with Gasteiger partial charge in [-0.05, 0) is 34.0 Å². The monoisotopic (exact) mass is 314 g/mol. The summed E-state index contributed by atoms with van der Waals surface area (Å²) in [6.45, 7) is 5.91. The number of methoxy groups -OCH3 is 1. The molecule has 0 saturated heterocycles. The summed E-state index contributed by atoms with van der Waals surface area (Å²) in [5.41, 5.74) is 1.62. The van der Waals surface area contributed by atoms with Gasteiger partial charge in [-0.1, -0.05) is 26.8 Å². The molecule has 1 N–H and O–H groups in total. The molecule has 0 saturated carbocycles. The maximum absolute atomic E-state index is 11.0. The number of aryl methyl sites for hydroxylation is 1. The minimum atomic E-state index is -0.805. The number of aliphatic carboxylic acids is 1. The van der Waals surface area contributed by atoms with Gasteiger partial charge in [-0.15, -0.1) is 0 Å². The molecule has 100 valence electrons. The fourth-order valence-electron chi connectivity index (χ4n) is 2.04. The van der Waals surface area contributed by atoms with Crippen LogP contribution in [0.5, 0.6) is 5.75 Å². The van der Waals surface area contributed by atoms with Gasteiger partial charge in [0.25, 0.3) is 0 Å². The number of carboxylic acid groups (broad SMARTS) is 1. The number of hydrogen-bond donors (Lipinski definition) is 1. The molecular weight excluding hydrogens is 296 g/mol. The van der Waals surface area contributed by atoms with Gasteiger partial charge in [-0.3, -0.25) is 4.79 Å². The lowest BCUT2D eigenvalue weighted by molar-refractivity contribution is -0.138. The highest BCUT2D eigenvalue weighted by molar-refractivity contribution is 9.10. The van der Waals surface area contributed by atoms with Crippen molar-refractivity contribution in [1.29, 1.82) is 0 Å². The first kappa shape index (κ1) is 15.0. The van der Waals surface area contributed by atoms with Gasteiger partial charge in [0.05, 0.1) is 18.0 Å². The summed E-state index contributed by atoms with van der Waals surface area (Å²) in [5, 5.41) is 9.02. The van der Waals surface area contributed by atoms with Gasteiger partial charge in [0.1, 0.15) is 5.75 Å². The highest BCUT2D eigenvalue weighted by Gasteiger charge is 2.28. The second kappa shape index (κ2) is 5.74. The molecule has 1 rings (SSSR count). The van der Waals surface area contributed by atoms with Gasteiger partial charge in [-0.25, -0.2) is 0 Å². The number of benzene rings is 1. The van der Waals surface area contributed by atoms with Crippen molar-refractivity contribution in [3.63, 3.8) is 0 Å². The summed E-state index contributed by atoms with van der Waals surface area (Å²) in [6, 6.07) is 4.05. The van der Waals surface area contributed by atoms with Crippen molar-refractivity contribution in [3.8, 4) is 5.75 Å². The van der Waals surface area contributed by atoms with Crippen LogP contribution in [0, 0.1) is 0 Å². The number of halogens is 1. The molecule has 0 unspecified atom stereocenters. The van der Waals surface area contributed by atoms with E-state index in [1.807, 2.05) is 26.0 Å². The van der Waals surface area contributed by atoms with E-state index in [4.69, 9.17) is 9.84 Å². The quantitative estimate of drug-likeness (QED) is 0.899. The molecule has 18 heavy (non-hydrogen) atoms. The minimum absolute atomic E-state index is 0.0724. The number of ether oxygens (including phenoxy) is 1. The fourth-order valence-corrected chi connectivity index (χ4v) is 2.71. The van der Waals surface area contributed by atoms with Crippen LogP contribution in [-0.4, -0.2) is 18.2 Å². The minimum Gasteiger partial charge on any atom is -0.495 e. The third-order valence-corrected chi connectivity index (χ3v) is 3.63. The van der Waals surface area contributed by atoms with Crippen LogP contribution >= 0.6 is 15.9 Å². The highest BCUT2D eigenvalue weighted by Crippen LogP contribution is 2.40. The van der Waals surface area contributed by atoms with Gasteiger partial charge in [-0.2, -0.15) is 0 Å². The van der Waals surface area contributed by atoms with E-state index in [2.05, 4.69) is 22.9 Å². The Morgan fingerprint density at radius 1 is 1.44 bits per heavy atom. The molecule has 0 radical (unpaired) electrons. The molecular formula is C14H19BrO3. The first-order chi connectivity index (χ1) is 8.31. The van der Waals surface area contributed by atoms with Crippen LogP contribution in [0.3, 0.4) is 0 Å². The fraction of sp³-hybridized carbons (Fsp3) is 0.500. The van der Waals surface area contributed by atoms with Crippen LogP contribution in [0.15, 0.2) is 16.6 Å². The Morgan fingerprint density at radius 3 is 2.50 bits per heavy atom. The number of carboxylic acids is 1. The molecule has 4 heteroatoms. The van der Waals surface area contributed by atoms with E-state index in [9.17, 15) is 4.79 Å². The van der Waals surface area contributed by atoms with E-state index in [0.29, 0.717) is 0 Å². The maximum Gasteiger partial charge on any atom is 0.304 e. The maximum atomic E-state index is 11.0. The van der Waals surface area contributed by atoms with Gasteiger partial charge >= 0.3 is 5.97 Å². The summed E-state index contributed by atoms with van der Waals surface area (Å²) >= 11 is 3.49. The van der Waals surface area contributed by atoms with E-state index >= 15 is 0 Å². The molecule has 1 aromatic carbocycles. The molecule has 3 nitrogen and oxygen atoms in total. The molecule has 0 amide bonds. The Balaban J connectivity index is 3.36. The first-order valence-corrected chi connectivity index (χ1v) is 6.69. The predicted molar refractivity (Wildman–Crippen MR) is 75.4 cm³/mol. The lowest BCUT2D eigenvalue weighted by Crippen LogP contribution is -2.23. The summed E-state index contributed by atoms with van der Waals surface area (Å²) < 4.78 is 6.28. The van der Waals surface area contributed by atoms with E-state index in [1.165, 1.54) is 0 Å². The second-order valence-electron chi connectivity index (χ2n) is 4.97. The van der Waals surface area contributed by atoms with Gasteiger partial charge in [0, 0.05) is 11.0 Å². The average molecular weight is 315 g/mol. The van der Waals surface area contributed by atoms with E-state index in [-0.39, 0.29) is 6.42 Å². The molecule has 0 aromatic heterocycles. The van der Waals surface area contributed by atoms with E-state index in [0.717, 1.165) is 27.8 Å². The molecule has 1 aromatic rings. The second-order valence-corrected chi connectivity index (χ2v) is 5.82. The SMILES string of the molecule is CCc1cc(Br)c(OC)c(C(C)(C)CC(=O)O)c1. The molecule has 0 aliphatic carbocycles. The number of rotatable bonds is 5. The van der Waals surface area contributed by atoms with Gasteiger partial charge < -0.3 is 9.84 Å². The lowest BCUT2D eigenvalue weighted by Gasteiger charge is -2.26. The van der Waals surface area contributed by atoms with E-state index < -0.39 is 11.4 Å². The molecule has 0 spiro atoms. The van der Waals surface area contributed by atoms with Crippen LogP contribution in [0.2, 0.25) is 0 Å². The standard InChI is InChI=1S/C14H19BrO3/c1-5-9-6-10(13(18-4)11(15)7-9)14(2,3)8-12(16)17/h6-7H,5,8H2,1-4H3,(H,16,17). The Morgan fingerprint density at radius 2 is 2.06 bits per heavy atom. The van der Waals surface area contributed by atoms with Crippen molar-refractivity contribution < 1.29 is 14.6 Å². The van der Waals surface area contributed by atoms with Gasteiger partial charge in [0.2, 0.25) is 0 Å². The normalized spacial score (nSPS) is 11.4. The number of carbonyl (C=O) groups is 1. The summed E-state index contributed by atoms with van der Waals surface area (Å²) in [5.74, 6) is -0.0847. The summed E-state index contributed by atoms with van der Waals surface area (Å²) in [6.07, 6.45) is 0.974. The summed E-state index contributed by atoms with van der Waals surface area (Å²) in [4.78, 5) is 11.0. The van der Waals surface area contributed by atoms with Crippen LogP contribution in [-0.2, 0) is 16.6 Å². The van der Waals surface area contributed by atoms with Crippen LogP contribution in [0.25, 0.3) is 0 Å². The first-order valence-electron chi connectivity index (χ1n) is 5.90. The van der Waals surface area contributed by atoms with Crippen molar-refractivity contribution in [2.24, 2.45) is 0 Å². The Kier molecular flexibility index (Phi) is 4.79. The zero-order valence-electron chi connectivity index (χ0n) is 11.2. The van der Waals surface area contributed by atoms with Crippen LogP contribution in [0.4, 0.5) is 0 Å². The number of hydrogen-bond acceptors (Lipinski definition) is 2. The Hall–Kier alpha value is -1.03. The van der Waals surface area contributed by atoms with Crippen LogP contribution < -0.4 is 4.74 Å². The molecule has 0 aliphatic heterocycles. The van der Waals surface area contributed by atoms with Crippen molar-refractivity contribution in [2.75, 3.05) is 7.11 Å². The largest absolute Gasteiger partial charge is 0.495 e. The van der Waals surface area contributed by atoms with E-state index in [1.54, 1.807) is 7.11 Å². The lowest BCUT2D eigenvalue weighted by atomic mass is 9.80. The Labute approximate surface area is 116 Å². The molecule has 0 heterocycles. The zero-order chi connectivity index (χ0) is 13.9. The predicted octanol–water partition coefficient (Wildman–Crippen LogP) is 3.77. The van der Waals surface area contributed by atoms with Crippen molar-refractivity contribution >= 4 is 21.9 Å². The molecule has 0 atom stereocenters. The van der Waals surface area contributed by atoms with Gasteiger partial charge in [0.15, 0.2) is 0 Å². The molecule has 0 aliphatic rings. The van der Waals surface area contributed by atoms with Crippen LogP contribution in [0.1, 0.15) is 38.3 Å². The smallest absolute Gasteiger partial charge is 0.304 e. The summed E-state index contributed by atoms with van der Waals surface area (Å²) in [7, 11) is 1.60. The Bertz CT molecular complexity index is 453. The van der Waals surface area contributed by atoms with Crippen molar-refractivity contribution in [2.45, 2.75) is 39.0 Å². The van der Waals surface area contributed by atoms with Crippen molar-refractivity contribution in [1.82, 2.24) is 0 Å². The molecule has 0 fully saturated rings. The van der Waals surface area contributed by atoms with Crippen molar-refractivity contribution in [3.05, 3.63) is 27.7 Å². The third-order valence-electron chi connectivity index (χ3n) is 3.04. The molecule has 0 bridgehead atoms. The average Bonchev–Trinajstić information content (AvgIpc) is 2.26. The zero-order valence-corrected chi connectivity index (χ0v) is 12.8. The third kappa shape index (κ3) is 3.25.